The van der Waals surface area contributed by atoms with Gasteiger partial charge >= 0.3 is 0 Å². The van der Waals surface area contributed by atoms with Crippen molar-refractivity contribution in [2.24, 2.45) is 11.8 Å². The Hall–Kier alpha value is -0.260. The maximum absolute atomic E-state index is 2.36. The van der Waals surface area contributed by atoms with E-state index >= 15 is 0 Å². The Bertz CT molecular complexity index is 122. The van der Waals surface area contributed by atoms with Gasteiger partial charge in [-0.1, -0.05) is 32.4 Å². The van der Waals surface area contributed by atoms with Crippen LogP contribution in [0.3, 0.4) is 0 Å². The molecule has 0 heteroatoms. The van der Waals surface area contributed by atoms with Gasteiger partial charge in [-0.3, -0.25) is 0 Å². The lowest BCUT2D eigenvalue weighted by Gasteiger charge is -2.18. The van der Waals surface area contributed by atoms with Crippen molar-refractivity contribution in [3.8, 4) is 0 Å². The summed E-state index contributed by atoms with van der Waals surface area (Å²) in [6.07, 6.45) is 11.6. The summed E-state index contributed by atoms with van der Waals surface area (Å²) in [6.45, 7) is 4.64. The lowest BCUT2D eigenvalue weighted by molar-refractivity contribution is 0.397. The molecule has 0 spiro atoms. The van der Waals surface area contributed by atoms with E-state index in [9.17, 15) is 0 Å². The molecule has 1 aliphatic carbocycles. The van der Waals surface area contributed by atoms with E-state index in [2.05, 4.69) is 26.0 Å². The molecule has 0 radical (unpaired) electrons. The molecule has 0 N–H and O–H groups in total. The van der Waals surface area contributed by atoms with Crippen molar-refractivity contribution in [1.82, 2.24) is 0 Å². The molecular formula is C11H20. The van der Waals surface area contributed by atoms with E-state index in [1.54, 1.807) is 0 Å². The third-order valence-corrected chi connectivity index (χ3v) is 2.53. The summed E-state index contributed by atoms with van der Waals surface area (Å²) < 4.78 is 0. The smallest absolute Gasteiger partial charge is 0.0322 e. The fourth-order valence-electron chi connectivity index (χ4n) is 1.69. The predicted molar refractivity (Wildman–Crippen MR) is 50.6 cm³/mol. The van der Waals surface area contributed by atoms with Crippen LogP contribution in [0.5, 0.6) is 0 Å². The van der Waals surface area contributed by atoms with Gasteiger partial charge in [0.1, 0.15) is 0 Å². The van der Waals surface area contributed by atoms with Crippen molar-refractivity contribution in [2.45, 2.75) is 46.0 Å². The van der Waals surface area contributed by atoms with Gasteiger partial charge in [0.15, 0.2) is 0 Å². The zero-order valence-electron chi connectivity index (χ0n) is 7.84. The number of hydrogen-bond donors (Lipinski definition) is 0. The molecule has 0 fully saturated rings. The average Bonchev–Trinajstić information content (AvgIpc) is 2.03. The van der Waals surface area contributed by atoms with Crippen molar-refractivity contribution in [2.75, 3.05) is 0 Å². The summed E-state index contributed by atoms with van der Waals surface area (Å²) in [4.78, 5) is 0. The van der Waals surface area contributed by atoms with Crippen molar-refractivity contribution in [1.29, 1.82) is 0 Å². The summed E-state index contributed by atoms with van der Waals surface area (Å²) in [7, 11) is 0. The molecule has 11 heavy (non-hydrogen) atoms. The maximum Gasteiger partial charge on any atom is -0.0322 e. The molecule has 0 nitrogen and oxygen atoms in total. The molecule has 0 bridgehead atoms. The van der Waals surface area contributed by atoms with Crippen LogP contribution in [0.4, 0.5) is 0 Å². The van der Waals surface area contributed by atoms with Gasteiger partial charge in [0.2, 0.25) is 0 Å². The van der Waals surface area contributed by atoms with Crippen LogP contribution >= 0.6 is 0 Å². The highest BCUT2D eigenvalue weighted by Gasteiger charge is 2.09. The van der Waals surface area contributed by atoms with E-state index in [1.165, 1.54) is 32.1 Å². The minimum absolute atomic E-state index is 0.890. The summed E-state index contributed by atoms with van der Waals surface area (Å²) >= 11 is 0. The third kappa shape index (κ3) is 3.60. The molecule has 0 aliphatic heterocycles. The molecule has 0 saturated heterocycles. The lowest BCUT2D eigenvalue weighted by atomic mass is 9.88. The van der Waals surface area contributed by atoms with Gasteiger partial charge in [-0.2, -0.15) is 0 Å². The molecule has 1 atom stereocenters. The molecule has 1 unspecified atom stereocenters. The van der Waals surface area contributed by atoms with Crippen LogP contribution in [0, 0.1) is 11.8 Å². The topological polar surface area (TPSA) is 0 Å². The Morgan fingerprint density at radius 3 is 2.73 bits per heavy atom. The van der Waals surface area contributed by atoms with Crippen LogP contribution in [0.2, 0.25) is 0 Å². The van der Waals surface area contributed by atoms with Crippen LogP contribution in [0.1, 0.15) is 46.0 Å². The van der Waals surface area contributed by atoms with Gasteiger partial charge < -0.3 is 0 Å². The van der Waals surface area contributed by atoms with Crippen molar-refractivity contribution >= 4 is 0 Å². The Labute approximate surface area is 70.7 Å². The Balaban J connectivity index is 2.11. The zero-order valence-corrected chi connectivity index (χ0v) is 7.84. The van der Waals surface area contributed by atoms with E-state index in [0.717, 1.165) is 11.8 Å². The number of rotatable bonds is 3. The third-order valence-electron chi connectivity index (χ3n) is 2.53. The monoisotopic (exact) mass is 152 g/mol. The van der Waals surface area contributed by atoms with Crippen molar-refractivity contribution in [3.05, 3.63) is 12.2 Å². The summed E-state index contributed by atoms with van der Waals surface area (Å²) in [5, 5.41) is 0. The van der Waals surface area contributed by atoms with Gasteiger partial charge in [-0.05, 0) is 37.5 Å². The highest BCUT2D eigenvalue weighted by molar-refractivity contribution is 4.89. The van der Waals surface area contributed by atoms with Gasteiger partial charge in [0, 0.05) is 0 Å². The van der Waals surface area contributed by atoms with Crippen LogP contribution in [0.15, 0.2) is 12.2 Å². The minimum atomic E-state index is 0.890. The highest BCUT2D eigenvalue weighted by atomic mass is 14.1. The van der Waals surface area contributed by atoms with Gasteiger partial charge in [0.05, 0.1) is 0 Å². The molecule has 0 aromatic heterocycles. The number of hydrogen-bond acceptors (Lipinski definition) is 0. The first kappa shape index (κ1) is 8.83. The first-order valence-corrected chi connectivity index (χ1v) is 4.94. The van der Waals surface area contributed by atoms with Crippen molar-refractivity contribution < 1.29 is 0 Å². The second-order valence-corrected chi connectivity index (χ2v) is 4.12. The maximum atomic E-state index is 2.36. The van der Waals surface area contributed by atoms with Crippen LogP contribution in [0.25, 0.3) is 0 Å². The molecule has 64 valence electrons. The summed E-state index contributed by atoms with van der Waals surface area (Å²) in [6, 6.07) is 0. The minimum Gasteiger partial charge on any atom is -0.0885 e. The fraction of sp³-hybridized carbons (Fsp3) is 0.818. The molecule has 0 amide bonds. The summed E-state index contributed by atoms with van der Waals surface area (Å²) in [5.74, 6) is 1.89. The molecular weight excluding hydrogens is 132 g/mol. The molecule has 0 aromatic rings. The molecule has 0 saturated carbocycles. The first-order chi connectivity index (χ1) is 5.29. The Kier molecular flexibility index (Phi) is 3.68. The SMILES string of the molecule is CC(C)CCC1CC=CCC1. The van der Waals surface area contributed by atoms with E-state index in [0.29, 0.717) is 0 Å². The van der Waals surface area contributed by atoms with Crippen LogP contribution in [-0.2, 0) is 0 Å². The molecule has 1 aliphatic rings. The standard InChI is InChI=1S/C11H20/c1-10(2)8-9-11-6-4-3-5-7-11/h3-4,10-11H,5-9H2,1-2H3. The van der Waals surface area contributed by atoms with Gasteiger partial charge in [-0.15, -0.1) is 0 Å². The first-order valence-electron chi connectivity index (χ1n) is 4.94. The molecule has 0 heterocycles. The van der Waals surface area contributed by atoms with E-state index < -0.39 is 0 Å². The lowest BCUT2D eigenvalue weighted by Crippen LogP contribution is -2.03. The Morgan fingerprint density at radius 2 is 2.18 bits per heavy atom. The molecule has 0 aromatic carbocycles. The van der Waals surface area contributed by atoms with Crippen molar-refractivity contribution in [3.63, 3.8) is 0 Å². The molecule has 1 rings (SSSR count). The Morgan fingerprint density at radius 1 is 1.36 bits per heavy atom. The predicted octanol–water partition coefficient (Wildman–Crippen LogP) is 3.78. The highest BCUT2D eigenvalue weighted by Crippen LogP contribution is 2.24. The van der Waals surface area contributed by atoms with Gasteiger partial charge in [-0.25, -0.2) is 0 Å². The van der Waals surface area contributed by atoms with E-state index in [-0.39, 0.29) is 0 Å². The second-order valence-electron chi connectivity index (χ2n) is 4.12. The largest absolute Gasteiger partial charge is 0.0885 e. The van der Waals surface area contributed by atoms with Gasteiger partial charge in [0.25, 0.3) is 0 Å². The van der Waals surface area contributed by atoms with E-state index in [4.69, 9.17) is 0 Å². The summed E-state index contributed by atoms with van der Waals surface area (Å²) in [5.41, 5.74) is 0. The zero-order chi connectivity index (χ0) is 8.10. The number of allylic oxidation sites excluding steroid dienone is 2. The quantitative estimate of drug-likeness (QED) is 0.540. The van der Waals surface area contributed by atoms with Crippen LogP contribution in [-0.4, -0.2) is 0 Å². The van der Waals surface area contributed by atoms with E-state index in [1.807, 2.05) is 0 Å². The average molecular weight is 152 g/mol. The normalized spacial score (nSPS) is 24.5. The van der Waals surface area contributed by atoms with Crippen LogP contribution < -0.4 is 0 Å². The fourth-order valence-corrected chi connectivity index (χ4v) is 1.69. The second kappa shape index (κ2) is 4.58.